The van der Waals surface area contributed by atoms with Crippen LogP contribution in [0.3, 0.4) is 0 Å². The number of anilines is 1. The van der Waals surface area contributed by atoms with Crippen LogP contribution < -0.4 is 10.6 Å². The summed E-state index contributed by atoms with van der Waals surface area (Å²) in [5.41, 5.74) is 5.44. The number of nitro groups is 1. The van der Waals surface area contributed by atoms with Crippen molar-refractivity contribution in [3.63, 3.8) is 0 Å². The van der Waals surface area contributed by atoms with Crippen molar-refractivity contribution in [3.8, 4) is 0 Å². The fourth-order valence-corrected chi connectivity index (χ4v) is 2.35. The van der Waals surface area contributed by atoms with E-state index in [1.54, 1.807) is 30.0 Å². The third-order valence-corrected chi connectivity index (χ3v) is 3.47. The molecule has 0 aliphatic carbocycles. The summed E-state index contributed by atoms with van der Waals surface area (Å²) in [7, 11) is 0. The summed E-state index contributed by atoms with van der Waals surface area (Å²) in [5, 5.41) is 20.2. The molecule has 1 aromatic carbocycles. The lowest BCUT2D eigenvalue weighted by molar-refractivity contribution is -0.384. The molecule has 3 N–H and O–H groups in total. The fourth-order valence-electron chi connectivity index (χ4n) is 2.35. The van der Waals surface area contributed by atoms with Crippen LogP contribution in [0.15, 0.2) is 18.2 Å². The number of para-hydroxylation sites is 1. The number of carbonyl (C=O) groups is 1. The van der Waals surface area contributed by atoms with Gasteiger partial charge in [0.05, 0.1) is 4.92 Å². The molecule has 7 nitrogen and oxygen atoms in total. The summed E-state index contributed by atoms with van der Waals surface area (Å²) >= 11 is 0. The Morgan fingerprint density at radius 2 is 2.26 bits per heavy atom. The molecule has 0 spiro atoms. The third-order valence-electron chi connectivity index (χ3n) is 3.47. The molecule has 19 heavy (non-hydrogen) atoms. The predicted octanol–water partition coefficient (Wildman–Crippen LogP) is 0.895. The molecule has 1 fully saturated rings. The Hall–Kier alpha value is -2.15. The van der Waals surface area contributed by atoms with E-state index in [0.717, 1.165) is 0 Å². The van der Waals surface area contributed by atoms with E-state index >= 15 is 0 Å². The van der Waals surface area contributed by atoms with Gasteiger partial charge in [0.25, 0.3) is 5.69 Å². The lowest BCUT2D eigenvalue weighted by Gasteiger charge is -2.21. The smallest absolute Gasteiger partial charge is 0.325 e. The van der Waals surface area contributed by atoms with Gasteiger partial charge in [0, 0.05) is 18.7 Å². The van der Waals surface area contributed by atoms with Crippen molar-refractivity contribution in [2.75, 3.05) is 18.0 Å². The summed E-state index contributed by atoms with van der Waals surface area (Å²) < 4.78 is 0. The topological polar surface area (TPSA) is 110 Å². The van der Waals surface area contributed by atoms with E-state index in [9.17, 15) is 14.9 Å². The number of nitro benzene ring substituents is 1. The molecule has 1 heterocycles. The van der Waals surface area contributed by atoms with Gasteiger partial charge in [-0.25, -0.2) is 0 Å². The van der Waals surface area contributed by atoms with Crippen molar-refractivity contribution in [2.45, 2.75) is 18.9 Å². The average Bonchev–Trinajstić information content (AvgIpc) is 2.72. The minimum atomic E-state index is -1.34. The van der Waals surface area contributed by atoms with Crippen LogP contribution in [0, 0.1) is 17.0 Å². The van der Waals surface area contributed by atoms with Crippen LogP contribution >= 0.6 is 0 Å². The quantitative estimate of drug-likeness (QED) is 0.620. The van der Waals surface area contributed by atoms with Crippen LogP contribution in [0.4, 0.5) is 11.4 Å². The molecule has 1 saturated heterocycles. The fraction of sp³-hybridized carbons (Fsp3) is 0.417. The number of hydrogen-bond acceptors (Lipinski definition) is 5. The zero-order chi connectivity index (χ0) is 14.2. The highest BCUT2D eigenvalue weighted by atomic mass is 16.6. The second kappa shape index (κ2) is 4.51. The largest absolute Gasteiger partial charge is 0.480 e. The van der Waals surface area contributed by atoms with Crippen LogP contribution in [0.25, 0.3) is 0 Å². The molecule has 0 aromatic heterocycles. The zero-order valence-electron chi connectivity index (χ0n) is 10.5. The molecule has 7 heteroatoms. The minimum Gasteiger partial charge on any atom is -0.480 e. The Morgan fingerprint density at radius 3 is 2.79 bits per heavy atom. The molecule has 1 aromatic rings. The van der Waals surface area contributed by atoms with Crippen LogP contribution in [0.1, 0.15) is 12.0 Å². The maximum absolute atomic E-state index is 11.1. The van der Waals surface area contributed by atoms with E-state index in [1.165, 1.54) is 0 Å². The van der Waals surface area contributed by atoms with E-state index in [4.69, 9.17) is 10.8 Å². The molecule has 0 saturated carbocycles. The van der Waals surface area contributed by atoms with Gasteiger partial charge in [0.1, 0.15) is 11.2 Å². The van der Waals surface area contributed by atoms with Gasteiger partial charge in [-0.05, 0) is 19.4 Å². The lowest BCUT2D eigenvalue weighted by atomic mass is 10.0. The molecule has 1 unspecified atom stereocenters. The van der Waals surface area contributed by atoms with E-state index in [1.807, 2.05) is 0 Å². The molecular weight excluding hydrogens is 250 g/mol. The zero-order valence-corrected chi connectivity index (χ0v) is 10.5. The van der Waals surface area contributed by atoms with Gasteiger partial charge in [-0.3, -0.25) is 14.9 Å². The summed E-state index contributed by atoms with van der Waals surface area (Å²) in [6, 6.07) is 5.00. The van der Waals surface area contributed by atoms with E-state index in [2.05, 4.69) is 0 Å². The van der Waals surface area contributed by atoms with Crippen molar-refractivity contribution >= 4 is 17.3 Å². The SMILES string of the molecule is Cc1cccc(N2CCC(N)(C(=O)O)C2)c1[N+](=O)[O-]. The van der Waals surface area contributed by atoms with Crippen molar-refractivity contribution < 1.29 is 14.8 Å². The lowest BCUT2D eigenvalue weighted by Crippen LogP contribution is -2.50. The number of carboxylic acid groups (broad SMARTS) is 1. The summed E-state index contributed by atoms with van der Waals surface area (Å²) in [6.07, 6.45) is 0.271. The van der Waals surface area contributed by atoms with Crippen molar-refractivity contribution in [3.05, 3.63) is 33.9 Å². The van der Waals surface area contributed by atoms with Gasteiger partial charge in [0.2, 0.25) is 0 Å². The Balaban J connectivity index is 2.37. The summed E-state index contributed by atoms with van der Waals surface area (Å²) in [5.74, 6) is -1.08. The standard InChI is InChI=1S/C12H15N3O4/c1-8-3-2-4-9(10(8)15(18)19)14-6-5-12(13,7-14)11(16)17/h2-4H,5-7,13H2,1H3,(H,16,17). The van der Waals surface area contributed by atoms with Gasteiger partial charge in [-0.2, -0.15) is 0 Å². The van der Waals surface area contributed by atoms with Gasteiger partial charge >= 0.3 is 5.97 Å². The monoisotopic (exact) mass is 265 g/mol. The first kappa shape index (κ1) is 13.3. The molecule has 0 amide bonds. The Morgan fingerprint density at radius 1 is 1.58 bits per heavy atom. The molecular formula is C12H15N3O4. The van der Waals surface area contributed by atoms with E-state index in [0.29, 0.717) is 17.8 Å². The van der Waals surface area contributed by atoms with Crippen LogP contribution in [-0.4, -0.2) is 34.6 Å². The molecule has 1 aliphatic heterocycles. The molecule has 0 bridgehead atoms. The molecule has 1 atom stereocenters. The van der Waals surface area contributed by atoms with Gasteiger partial charge in [-0.1, -0.05) is 12.1 Å². The second-order valence-electron chi connectivity index (χ2n) is 4.83. The minimum absolute atomic E-state index is 0.0112. The number of benzene rings is 1. The summed E-state index contributed by atoms with van der Waals surface area (Å²) in [6.45, 7) is 2.13. The maximum atomic E-state index is 11.1. The molecule has 102 valence electrons. The van der Waals surface area contributed by atoms with Gasteiger partial charge in [-0.15, -0.1) is 0 Å². The highest BCUT2D eigenvalue weighted by Crippen LogP contribution is 2.35. The van der Waals surface area contributed by atoms with Crippen LogP contribution in [0.5, 0.6) is 0 Å². The average molecular weight is 265 g/mol. The van der Waals surface area contributed by atoms with Crippen molar-refractivity contribution in [1.82, 2.24) is 0 Å². The number of aryl methyl sites for hydroxylation is 1. The molecule has 2 rings (SSSR count). The second-order valence-corrected chi connectivity index (χ2v) is 4.83. The number of nitrogens with two attached hydrogens (primary N) is 1. The molecule has 0 radical (unpaired) electrons. The normalized spacial score (nSPS) is 22.5. The maximum Gasteiger partial charge on any atom is 0.325 e. The summed E-state index contributed by atoms with van der Waals surface area (Å²) in [4.78, 5) is 23.4. The first-order valence-electron chi connectivity index (χ1n) is 5.86. The number of carboxylic acids is 1. The highest BCUT2D eigenvalue weighted by molar-refractivity contribution is 5.81. The Kier molecular flexibility index (Phi) is 3.15. The van der Waals surface area contributed by atoms with E-state index in [-0.39, 0.29) is 18.7 Å². The van der Waals surface area contributed by atoms with Crippen molar-refractivity contribution in [2.24, 2.45) is 5.73 Å². The Bertz CT molecular complexity index is 546. The van der Waals surface area contributed by atoms with Crippen molar-refractivity contribution in [1.29, 1.82) is 0 Å². The predicted molar refractivity (Wildman–Crippen MR) is 69.2 cm³/mol. The van der Waals surface area contributed by atoms with Gasteiger partial charge < -0.3 is 15.7 Å². The third kappa shape index (κ3) is 2.24. The number of hydrogen-bond donors (Lipinski definition) is 2. The molecule has 1 aliphatic rings. The first-order chi connectivity index (χ1) is 8.85. The van der Waals surface area contributed by atoms with E-state index < -0.39 is 16.4 Å². The highest BCUT2D eigenvalue weighted by Gasteiger charge is 2.42. The number of nitrogens with zero attached hydrogens (tertiary/aromatic N) is 2. The number of aliphatic carboxylic acids is 1. The number of rotatable bonds is 3. The first-order valence-corrected chi connectivity index (χ1v) is 5.86. The van der Waals surface area contributed by atoms with Crippen LogP contribution in [-0.2, 0) is 4.79 Å². The Labute approximate surface area is 109 Å². The van der Waals surface area contributed by atoms with Gasteiger partial charge in [0.15, 0.2) is 0 Å². The van der Waals surface area contributed by atoms with Crippen LogP contribution in [0.2, 0.25) is 0 Å².